The predicted octanol–water partition coefficient (Wildman–Crippen LogP) is 8.44. The lowest BCUT2D eigenvalue weighted by molar-refractivity contribution is 0.660. The normalized spacial score (nSPS) is 13.0. The van der Waals surface area contributed by atoms with E-state index >= 15 is 0 Å². The Balaban J connectivity index is 1.07. The average Bonchev–Trinajstić information content (AvgIpc) is 3.38. The second-order valence-electron chi connectivity index (χ2n) is 13.4. The van der Waals surface area contributed by atoms with Gasteiger partial charge in [0.1, 0.15) is 0 Å². The highest BCUT2D eigenvalue weighted by atomic mass is 31.1. The minimum atomic E-state index is -0.606. The van der Waals surface area contributed by atoms with Gasteiger partial charge in [-0.15, -0.1) is 0 Å². The van der Waals surface area contributed by atoms with E-state index in [0.29, 0.717) is 0 Å². The average molecular weight is 645 g/mol. The molecule has 234 valence electrons. The third kappa shape index (κ3) is 6.12. The summed E-state index contributed by atoms with van der Waals surface area (Å²) in [5.74, 6) is 0. The minimum Gasteiger partial charge on any atom is -0.0687 e. The molecular weight excluding hydrogens is 606 g/mol. The molecule has 0 unspecified atom stereocenters. The van der Waals surface area contributed by atoms with Gasteiger partial charge in [0, 0.05) is 5.41 Å². The van der Waals surface area contributed by atoms with Crippen molar-refractivity contribution < 1.29 is 0 Å². The van der Waals surface area contributed by atoms with Crippen LogP contribution < -0.4 is 32.3 Å². The summed E-state index contributed by atoms with van der Waals surface area (Å²) < 4.78 is 0. The number of hydrogen-bond acceptors (Lipinski definition) is 0. The molecule has 0 fully saturated rings. The smallest absolute Gasteiger partial charge is 0.0687 e. The highest BCUT2D eigenvalue weighted by Gasteiger charge is 2.36. The maximum Gasteiger partial charge on any atom is 0.241 e. The number of benzene rings is 7. The molecule has 1 aliphatic carbocycles. The Bertz CT molecular complexity index is 2140. The molecule has 1 aliphatic rings. The SMILES string of the molecule is CC1(C)c2cc(/C=C/c3ccc(P(c4ccccc4)c4ccccc4)cc3)ccc2-c2ccc(B(c3ccccc3)c3ccccc3)cc21. The van der Waals surface area contributed by atoms with E-state index in [0.717, 1.165) is 0 Å². The molecule has 0 aromatic heterocycles. The quantitative estimate of drug-likeness (QED) is 0.0886. The maximum atomic E-state index is 2.47. The predicted molar refractivity (Wildman–Crippen MR) is 216 cm³/mol. The van der Waals surface area contributed by atoms with Crippen molar-refractivity contribution >= 4 is 59.1 Å². The van der Waals surface area contributed by atoms with Gasteiger partial charge >= 0.3 is 0 Å². The van der Waals surface area contributed by atoms with Crippen LogP contribution in [0.1, 0.15) is 36.1 Å². The number of hydrogen-bond donors (Lipinski definition) is 0. The largest absolute Gasteiger partial charge is 0.241 e. The van der Waals surface area contributed by atoms with Crippen LogP contribution in [0.15, 0.2) is 182 Å². The Labute approximate surface area is 292 Å². The Kier molecular flexibility index (Phi) is 8.46. The van der Waals surface area contributed by atoms with Crippen molar-refractivity contribution in [2.45, 2.75) is 19.3 Å². The van der Waals surface area contributed by atoms with Gasteiger partial charge in [-0.05, 0) is 57.2 Å². The van der Waals surface area contributed by atoms with Gasteiger partial charge in [0.25, 0.3) is 0 Å². The summed E-state index contributed by atoms with van der Waals surface area (Å²) in [6, 6.07) is 66.9. The van der Waals surface area contributed by atoms with Crippen LogP contribution in [-0.4, -0.2) is 6.71 Å². The zero-order valence-corrected chi connectivity index (χ0v) is 28.9. The zero-order chi connectivity index (χ0) is 33.2. The van der Waals surface area contributed by atoms with Crippen LogP contribution in [0.3, 0.4) is 0 Å². The first-order valence-electron chi connectivity index (χ1n) is 17.1. The lowest BCUT2D eigenvalue weighted by Gasteiger charge is -2.24. The van der Waals surface area contributed by atoms with Crippen LogP contribution in [0.25, 0.3) is 23.3 Å². The summed E-state index contributed by atoms with van der Waals surface area (Å²) >= 11 is 0. The molecule has 7 aromatic rings. The van der Waals surface area contributed by atoms with Gasteiger partial charge in [0.05, 0.1) is 0 Å². The lowest BCUT2D eigenvalue weighted by atomic mass is 9.36. The molecule has 0 spiro atoms. The highest BCUT2D eigenvalue weighted by Crippen LogP contribution is 2.48. The van der Waals surface area contributed by atoms with Gasteiger partial charge < -0.3 is 0 Å². The summed E-state index contributed by atoms with van der Waals surface area (Å²) in [6.07, 6.45) is 4.51. The fourth-order valence-corrected chi connectivity index (χ4v) is 9.73. The van der Waals surface area contributed by atoms with Gasteiger partial charge in [-0.25, -0.2) is 0 Å². The third-order valence-corrected chi connectivity index (χ3v) is 12.4. The molecule has 2 heteroatoms. The molecular formula is C47H38BP. The number of rotatable bonds is 8. The molecule has 0 N–H and O–H groups in total. The third-order valence-electron chi connectivity index (χ3n) is 9.97. The standard InChI is InChI=1S/C47H38BP/c1-47(2)45-33-36(24-23-35-25-29-42(30-26-35)49(40-19-11-5-12-20-40)41-21-13-6-14-22-41)27-31-43(45)44-32-28-39(34-46(44)47)48(37-15-7-3-8-16-37)38-17-9-4-10-18-38/h3-34H,1-2H3/b24-23+. The van der Waals surface area contributed by atoms with Gasteiger partial charge in [-0.2, -0.15) is 0 Å². The van der Waals surface area contributed by atoms with E-state index in [-0.39, 0.29) is 12.1 Å². The monoisotopic (exact) mass is 644 g/mol. The van der Waals surface area contributed by atoms with Crippen molar-refractivity contribution in [1.82, 2.24) is 0 Å². The summed E-state index contributed by atoms with van der Waals surface area (Å²) in [5.41, 5.74) is 11.8. The molecule has 8 rings (SSSR count). The van der Waals surface area contributed by atoms with Crippen molar-refractivity contribution in [1.29, 1.82) is 0 Å². The molecule has 0 bridgehead atoms. The molecule has 0 saturated carbocycles. The van der Waals surface area contributed by atoms with E-state index in [2.05, 4.69) is 208 Å². The molecule has 0 heterocycles. The molecule has 0 radical (unpaired) electrons. The van der Waals surface area contributed by atoms with Crippen LogP contribution in [0.5, 0.6) is 0 Å². The van der Waals surface area contributed by atoms with Crippen LogP contribution in [0.2, 0.25) is 0 Å². The molecule has 0 aliphatic heterocycles. The summed E-state index contributed by atoms with van der Waals surface area (Å²) in [4.78, 5) is 0. The summed E-state index contributed by atoms with van der Waals surface area (Å²) in [6.45, 7) is 4.95. The fraction of sp³-hybridized carbons (Fsp3) is 0.0638. The first-order chi connectivity index (χ1) is 24.1. The van der Waals surface area contributed by atoms with Crippen LogP contribution in [-0.2, 0) is 5.41 Å². The van der Waals surface area contributed by atoms with Crippen LogP contribution in [0.4, 0.5) is 0 Å². The van der Waals surface area contributed by atoms with E-state index in [9.17, 15) is 0 Å². The second kappa shape index (κ2) is 13.4. The zero-order valence-electron chi connectivity index (χ0n) is 28.0. The van der Waals surface area contributed by atoms with E-state index in [1.165, 1.54) is 65.7 Å². The summed E-state index contributed by atoms with van der Waals surface area (Å²) in [7, 11) is -0.606. The Hall–Kier alpha value is -5.23. The summed E-state index contributed by atoms with van der Waals surface area (Å²) in [5, 5.41) is 4.11. The number of fused-ring (bicyclic) bond motifs is 3. The van der Waals surface area contributed by atoms with E-state index in [1.54, 1.807) is 0 Å². The van der Waals surface area contributed by atoms with Gasteiger partial charge in [0.15, 0.2) is 0 Å². The van der Waals surface area contributed by atoms with Crippen LogP contribution in [0, 0.1) is 0 Å². The first-order valence-corrected chi connectivity index (χ1v) is 18.5. The van der Waals surface area contributed by atoms with Crippen molar-refractivity contribution in [2.75, 3.05) is 0 Å². The van der Waals surface area contributed by atoms with Gasteiger partial charge in [-0.1, -0.05) is 224 Å². The van der Waals surface area contributed by atoms with E-state index < -0.39 is 7.92 Å². The van der Waals surface area contributed by atoms with Crippen molar-refractivity contribution in [3.63, 3.8) is 0 Å². The van der Waals surface area contributed by atoms with Crippen molar-refractivity contribution in [3.05, 3.63) is 204 Å². The molecule has 0 nitrogen and oxygen atoms in total. The fourth-order valence-electron chi connectivity index (χ4n) is 7.45. The first kappa shape index (κ1) is 31.1. The van der Waals surface area contributed by atoms with Gasteiger partial charge in [0.2, 0.25) is 6.71 Å². The van der Waals surface area contributed by atoms with Crippen molar-refractivity contribution in [3.8, 4) is 11.1 Å². The van der Waals surface area contributed by atoms with Crippen LogP contribution >= 0.6 is 7.92 Å². The molecule has 0 saturated heterocycles. The Morgan fingerprint density at radius 2 is 0.837 bits per heavy atom. The Morgan fingerprint density at radius 1 is 0.408 bits per heavy atom. The minimum absolute atomic E-state index is 0.101. The Morgan fingerprint density at radius 3 is 1.39 bits per heavy atom. The molecule has 0 atom stereocenters. The molecule has 49 heavy (non-hydrogen) atoms. The topological polar surface area (TPSA) is 0 Å². The van der Waals surface area contributed by atoms with Gasteiger partial charge in [-0.3, -0.25) is 0 Å². The molecule has 7 aromatic carbocycles. The molecule has 0 amide bonds. The van der Waals surface area contributed by atoms with E-state index in [1.807, 2.05) is 0 Å². The second-order valence-corrected chi connectivity index (χ2v) is 15.6. The van der Waals surface area contributed by atoms with E-state index in [4.69, 9.17) is 0 Å². The highest BCUT2D eigenvalue weighted by molar-refractivity contribution is 7.79. The lowest BCUT2D eigenvalue weighted by Crippen LogP contribution is -2.52. The van der Waals surface area contributed by atoms with Crippen molar-refractivity contribution in [2.24, 2.45) is 0 Å². The maximum absolute atomic E-state index is 2.47.